The Hall–Kier alpha value is 0.260. The molecule has 0 radical (unpaired) electrons. The van der Waals surface area contributed by atoms with E-state index in [1.54, 1.807) is 0 Å². The summed E-state index contributed by atoms with van der Waals surface area (Å²) in [5, 5.41) is 0. The van der Waals surface area contributed by atoms with Gasteiger partial charge in [0, 0.05) is 12.5 Å². The zero-order valence-electron chi connectivity index (χ0n) is 6.66. The second-order valence-corrected chi connectivity index (χ2v) is 4.99. The Morgan fingerprint density at radius 2 is 2.09 bits per heavy atom. The lowest BCUT2D eigenvalue weighted by Crippen LogP contribution is -1.70. The normalized spacial score (nSPS) is 8.27. The highest BCUT2D eigenvalue weighted by Gasteiger charge is 1.80. The zero-order valence-corrected chi connectivity index (χ0v) is 9.83. The molecule has 0 bridgehead atoms. The van der Waals surface area contributed by atoms with Crippen LogP contribution in [-0.4, -0.2) is 0 Å². The Bertz CT molecular complexity index is 168. The standard InChI is InChI=1S/C9H12Br2/c1-2-3-4-5-6-7-8-9(10)11/h8H,2-5H2,1H3. The van der Waals surface area contributed by atoms with Crippen LogP contribution in [0, 0.1) is 11.8 Å². The van der Waals surface area contributed by atoms with Gasteiger partial charge in [0.1, 0.15) is 0 Å². The van der Waals surface area contributed by atoms with Gasteiger partial charge in [-0.05, 0) is 38.3 Å². The summed E-state index contributed by atoms with van der Waals surface area (Å²) >= 11 is 6.46. The molecule has 0 aromatic rings. The fourth-order valence-electron chi connectivity index (χ4n) is 0.641. The first kappa shape index (κ1) is 11.3. The summed E-state index contributed by atoms with van der Waals surface area (Å²) in [6.45, 7) is 2.20. The van der Waals surface area contributed by atoms with E-state index in [1.165, 1.54) is 19.3 Å². The minimum atomic E-state index is 0.910. The fourth-order valence-corrected chi connectivity index (χ4v) is 0.870. The van der Waals surface area contributed by atoms with Crippen molar-refractivity contribution in [2.75, 3.05) is 0 Å². The van der Waals surface area contributed by atoms with E-state index in [1.807, 2.05) is 6.08 Å². The Morgan fingerprint density at radius 1 is 1.36 bits per heavy atom. The summed E-state index contributed by atoms with van der Waals surface area (Å²) in [5.41, 5.74) is 0. The molecule has 0 spiro atoms. The summed E-state index contributed by atoms with van der Waals surface area (Å²) in [6, 6.07) is 0. The Labute approximate surface area is 85.7 Å². The maximum absolute atomic E-state index is 3.23. The van der Waals surface area contributed by atoms with Gasteiger partial charge in [-0.15, -0.1) is 0 Å². The summed E-state index contributed by atoms with van der Waals surface area (Å²) in [6.07, 6.45) is 6.59. The largest absolute Gasteiger partial charge is 0.0985 e. The topological polar surface area (TPSA) is 0 Å². The van der Waals surface area contributed by atoms with Gasteiger partial charge in [0.25, 0.3) is 0 Å². The molecule has 0 aromatic heterocycles. The predicted molar refractivity (Wildman–Crippen MR) is 57.9 cm³/mol. The van der Waals surface area contributed by atoms with E-state index in [0.717, 1.165) is 9.81 Å². The van der Waals surface area contributed by atoms with Crippen molar-refractivity contribution in [2.24, 2.45) is 0 Å². The van der Waals surface area contributed by atoms with Crippen LogP contribution >= 0.6 is 31.9 Å². The molecular formula is C9H12Br2. The molecule has 0 aliphatic rings. The maximum atomic E-state index is 3.23. The van der Waals surface area contributed by atoms with Crippen LogP contribution in [0.5, 0.6) is 0 Å². The summed E-state index contributed by atoms with van der Waals surface area (Å²) < 4.78 is 0.910. The van der Waals surface area contributed by atoms with Crippen LogP contribution in [0.15, 0.2) is 9.47 Å². The van der Waals surface area contributed by atoms with Gasteiger partial charge in [-0.1, -0.05) is 31.6 Å². The predicted octanol–water partition coefficient (Wildman–Crippen LogP) is 4.20. The number of rotatable bonds is 3. The van der Waals surface area contributed by atoms with Gasteiger partial charge in [0.15, 0.2) is 0 Å². The molecule has 0 aliphatic carbocycles. The molecule has 0 rings (SSSR count). The molecule has 0 atom stereocenters. The minimum absolute atomic E-state index is 0.910. The molecule has 0 saturated carbocycles. The molecule has 0 N–H and O–H groups in total. The summed E-state index contributed by atoms with van der Waals surface area (Å²) in [4.78, 5) is 0. The van der Waals surface area contributed by atoms with Crippen molar-refractivity contribution in [3.8, 4) is 11.8 Å². The number of hydrogen-bond donors (Lipinski definition) is 0. The second-order valence-electron chi connectivity index (χ2n) is 2.21. The Kier molecular flexibility index (Phi) is 8.56. The molecule has 0 saturated heterocycles. The van der Waals surface area contributed by atoms with Gasteiger partial charge in [0.05, 0.1) is 3.39 Å². The average Bonchev–Trinajstić information content (AvgIpc) is 1.96. The Balaban J connectivity index is 3.34. The highest BCUT2D eigenvalue weighted by atomic mass is 79.9. The molecule has 2 heteroatoms. The molecule has 62 valence electrons. The highest BCUT2D eigenvalue weighted by Crippen LogP contribution is 2.11. The maximum Gasteiger partial charge on any atom is 0.0687 e. The second kappa shape index (κ2) is 8.36. The van der Waals surface area contributed by atoms with E-state index in [9.17, 15) is 0 Å². The third kappa shape index (κ3) is 10.3. The minimum Gasteiger partial charge on any atom is -0.0985 e. The van der Waals surface area contributed by atoms with Crippen molar-refractivity contribution in [3.63, 3.8) is 0 Å². The molecule has 0 aliphatic heterocycles. The van der Waals surface area contributed by atoms with Crippen LogP contribution in [0.25, 0.3) is 0 Å². The summed E-state index contributed by atoms with van der Waals surface area (Å²) in [7, 11) is 0. The first-order valence-corrected chi connectivity index (χ1v) is 5.35. The first-order valence-electron chi connectivity index (χ1n) is 3.77. The smallest absolute Gasteiger partial charge is 0.0687 e. The Morgan fingerprint density at radius 3 is 2.64 bits per heavy atom. The van der Waals surface area contributed by atoms with Crippen molar-refractivity contribution >= 4 is 31.9 Å². The third-order valence-corrected chi connectivity index (χ3v) is 1.65. The van der Waals surface area contributed by atoms with Crippen molar-refractivity contribution in [3.05, 3.63) is 9.47 Å². The number of allylic oxidation sites excluding steroid dienone is 1. The van der Waals surface area contributed by atoms with Gasteiger partial charge >= 0.3 is 0 Å². The van der Waals surface area contributed by atoms with E-state index >= 15 is 0 Å². The van der Waals surface area contributed by atoms with Crippen molar-refractivity contribution < 1.29 is 0 Å². The number of unbranched alkanes of at least 4 members (excludes halogenated alkanes) is 3. The SMILES string of the molecule is CCCCCC#CC=C(Br)Br. The van der Waals surface area contributed by atoms with E-state index in [4.69, 9.17) is 0 Å². The van der Waals surface area contributed by atoms with Crippen LogP contribution in [0.4, 0.5) is 0 Å². The van der Waals surface area contributed by atoms with Crippen LogP contribution in [0.3, 0.4) is 0 Å². The van der Waals surface area contributed by atoms with Crippen LogP contribution in [0.2, 0.25) is 0 Å². The van der Waals surface area contributed by atoms with E-state index in [0.29, 0.717) is 0 Å². The van der Waals surface area contributed by atoms with Crippen LogP contribution < -0.4 is 0 Å². The third-order valence-electron chi connectivity index (χ3n) is 1.19. The van der Waals surface area contributed by atoms with E-state index < -0.39 is 0 Å². The van der Waals surface area contributed by atoms with Gasteiger partial charge in [0.2, 0.25) is 0 Å². The number of halogens is 2. The van der Waals surface area contributed by atoms with Gasteiger partial charge in [-0.3, -0.25) is 0 Å². The van der Waals surface area contributed by atoms with Crippen LogP contribution in [0.1, 0.15) is 32.6 Å². The lowest BCUT2D eigenvalue weighted by atomic mass is 10.2. The molecule has 0 unspecified atom stereocenters. The van der Waals surface area contributed by atoms with E-state index in [2.05, 4.69) is 50.6 Å². The first-order chi connectivity index (χ1) is 5.27. The quantitative estimate of drug-likeness (QED) is 0.537. The van der Waals surface area contributed by atoms with E-state index in [-0.39, 0.29) is 0 Å². The number of hydrogen-bond acceptors (Lipinski definition) is 0. The summed E-state index contributed by atoms with van der Waals surface area (Å²) in [5.74, 6) is 6.00. The van der Waals surface area contributed by atoms with Gasteiger partial charge in [-0.2, -0.15) is 0 Å². The van der Waals surface area contributed by atoms with Gasteiger partial charge < -0.3 is 0 Å². The zero-order chi connectivity index (χ0) is 8.53. The molecular weight excluding hydrogens is 268 g/mol. The lowest BCUT2D eigenvalue weighted by molar-refractivity contribution is 0.737. The molecule has 0 fully saturated rings. The lowest BCUT2D eigenvalue weighted by Gasteiger charge is -1.87. The van der Waals surface area contributed by atoms with Crippen molar-refractivity contribution in [2.45, 2.75) is 32.6 Å². The average molecular weight is 280 g/mol. The highest BCUT2D eigenvalue weighted by molar-refractivity contribution is 9.28. The molecule has 11 heavy (non-hydrogen) atoms. The van der Waals surface area contributed by atoms with Crippen molar-refractivity contribution in [1.82, 2.24) is 0 Å². The molecule has 0 amide bonds. The monoisotopic (exact) mass is 278 g/mol. The fraction of sp³-hybridized carbons (Fsp3) is 0.556. The van der Waals surface area contributed by atoms with Crippen molar-refractivity contribution in [1.29, 1.82) is 0 Å². The van der Waals surface area contributed by atoms with Gasteiger partial charge in [-0.25, -0.2) is 0 Å². The molecule has 0 aromatic carbocycles. The molecule has 0 nitrogen and oxygen atoms in total. The molecule has 0 heterocycles. The van der Waals surface area contributed by atoms with Crippen LogP contribution in [-0.2, 0) is 0 Å².